The molecule has 4 nitrogen and oxygen atoms in total. The van der Waals surface area contributed by atoms with Gasteiger partial charge in [-0.2, -0.15) is 0 Å². The Hall–Kier alpha value is -2.36. The van der Waals surface area contributed by atoms with Crippen LogP contribution in [0.3, 0.4) is 0 Å². The minimum absolute atomic E-state index is 0.175. The highest BCUT2D eigenvalue weighted by Gasteiger charge is 2.28. The van der Waals surface area contributed by atoms with Gasteiger partial charge >= 0.3 is 0 Å². The van der Waals surface area contributed by atoms with Crippen LogP contribution in [0.25, 0.3) is 0 Å². The Labute approximate surface area is 142 Å². The quantitative estimate of drug-likeness (QED) is 0.917. The van der Waals surface area contributed by atoms with E-state index in [0.717, 1.165) is 24.1 Å². The summed E-state index contributed by atoms with van der Waals surface area (Å²) in [6.45, 7) is 8.01. The zero-order valence-corrected chi connectivity index (χ0v) is 14.7. The Kier molecular flexibility index (Phi) is 4.31. The summed E-state index contributed by atoms with van der Waals surface area (Å²) < 4.78 is 1.77. The Bertz CT molecular complexity index is 828. The van der Waals surface area contributed by atoms with Crippen molar-refractivity contribution in [2.45, 2.75) is 52.5 Å². The van der Waals surface area contributed by atoms with Gasteiger partial charge in [-0.15, -0.1) is 0 Å². The van der Waals surface area contributed by atoms with Crippen molar-refractivity contribution >= 4 is 11.6 Å². The molecule has 3 rings (SSSR count). The highest BCUT2D eigenvalue weighted by atomic mass is 16.2. The van der Waals surface area contributed by atoms with E-state index in [1.807, 2.05) is 44.2 Å². The monoisotopic (exact) mass is 324 g/mol. The van der Waals surface area contributed by atoms with Crippen molar-refractivity contribution in [1.82, 2.24) is 4.57 Å². The van der Waals surface area contributed by atoms with E-state index in [9.17, 15) is 9.59 Å². The second-order valence-corrected chi connectivity index (χ2v) is 6.98. The fraction of sp³-hybridized carbons (Fsp3) is 0.400. The number of benzene rings is 1. The molecule has 126 valence electrons. The Morgan fingerprint density at radius 1 is 1.17 bits per heavy atom. The third-order valence-electron chi connectivity index (χ3n) is 4.61. The van der Waals surface area contributed by atoms with Gasteiger partial charge in [-0.1, -0.05) is 26.0 Å². The second kappa shape index (κ2) is 6.27. The summed E-state index contributed by atoms with van der Waals surface area (Å²) in [5, 5.41) is 2.86. The van der Waals surface area contributed by atoms with Gasteiger partial charge in [0, 0.05) is 17.4 Å². The normalized spacial score (nSPS) is 14.0. The van der Waals surface area contributed by atoms with Crippen molar-refractivity contribution in [3.8, 4) is 0 Å². The summed E-state index contributed by atoms with van der Waals surface area (Å²) in [6, 6.07) is 9.97. The minimum atomic E-state index is -0.329. The molecule has 1 heterocycles. The number of amides is 1. The van der Waals surface area contributed by atoms with Gasteiger partial charge in [0.25, 0.3) is 11.5 Å². The molecule has 1 amide bonds. The molecular weight excluding hydrogens is 300 g/mol. The number of carbonyl (C=O) groups is 1. The van der Waals surface area contributed by atoms with Crippen molar-refractivity contribution in [2.24, 2.45) is 0 Å². The van der Waals surface area contributed by atoms with Gasteiger partial charge < -0.3 is 9.88 Å². The lowest BCUT2D eigenvalue weighted by Crippen LogP contribution is -2.31. The number of rotatable bonds is 4. The fourth-order valence-electron chi connectivity index (χ4n) is 3.11. The third-order valence-corrected chi connectivity index (χ3v) is 4.61. The van der Waals surface area contributed by atoms with Gasteiger partial charge in [-0.05, 0) is 61.9 Å². The van der Waals surface area contributed by atoms with E-state index in [1.54, 1.807) is 4.57 Å². The highest BCUT2D eigenvalue weighted by Crippen LogP contribution is 2.34. The number of aryl methyl sites for hydroxylation is 2. The minimum Gasteiger partial charge on any atom is -0.322 e. The maximum absolute atomic E-state index is 12.8. The molecule has 1 aliphatic carbocycles. The first-order valence-electron chi connectivity index (χ1n) is 8.52. The summed E-state index contributed by atoms with van der Waals surface area (Å²) in [7, 11) is 0. The lowest BCUT2D eigenvalue weighted by Gasteiger charge is -2.14. The maximum Gasteiger partial charge on any atom is 0.264 e. The van der Waals surface area contributed by atoms with Crippen LogP contribution in [0.5, 0.6) is 0 Å². The number of pyridine rings is 1. The van der Waals surface area contributed by atoms with E-state index in [1.165, 1.54) is 5.56 Å². The summed E-state index contributed by atoms with van der Waals surface area (Å²) in [5.41, 5.74) is 3.66. The molecule has 0 radical (unpaired) electrons. The molecule has 0 spiro atoms. The molecule has 0 atom stereocenters. The Morgan fingerprint density at radius 3 is 2.33 bits per heavy atom. The topological polar surface area (TPSA) is 51.1 Å². The molecule has 0 saturated heterocycles. The SMILES string of the molecule is Cc1cc(C)n(C2CC2)c(=O)c1C(=O)Nc1ccc(C(C)C)cc1. The van der Waals surface area contributed by atoms with E-state index >= 15 is 0 Å². The van der Waals surface area contributed by atoms with Crippen molar-refractivity contribution in [3.63, 3.8) is 0 Å². The van der Waals surface area contributed by atoms with Crippen LogP contribution in [0.4, 0.5) is 5.69 Å². The first-order chi connectivity index (χ1) is 11.4. The van der Waals surface area contributed by atoms with Crippen LogP contribution in [0, 0.1) is 13.8 Å². The molecule has 1 aromatic heterocycles. The van der Waals surface area contributed by atoms with Crippen LogP contribution in [0.1, 0.15) is 65.8 Å². The zero-order chi connectivity index (χ0) is 17.4. The van der Waals surface area contributed by atoms with E-state index < -0.39 is 0 Å². The van der Waals surface area contributed by atoms with Crippen molar-refractivity contribution in [2.75, 3.05) is 5.32 Å². The number of hydrogen-bond acceptors (Lipinski definition) is 2. The van der Waals surface area contributed by atoms with Crippen LogP contribution in [-0.4, -0.2) is 10.5 Å². The summed E-state index contributed by atoms with van der Waals surface area (Å²) in [6.07, 6.45) is 2.03. The van der Waals surface area contributed by atoms with Gasteiger partial charge in [0.05, 0.1) is 0 Å². The Morgan fingerprint density at radius 2 is 1.79 bits per heavy atom. The van der Waals surface area contributed by atoms with Gasteiger partial charge in [-0.3, -0.25) is 9.59 Å². The van der Waals surface area contributed by atoms with Gasteiger partial charge in [0.15, 0.2) is 0 Å². The smallest absolute Gasteiger partial charge is 0.264 e. The average Bonchev–Trinajstić information content (AvgIpc) is 3.31. The predicted octanol–water partition coefficient (Wildman–Crippen LogP) is 4.18. The zero-order valence-electron chi connectivity index (χ0n) is 14.7. The molecular formula is C20H24N2O2. The number of anilines is 1. The summed E-state index contributed by atoms with van der Waals surface area (Å²) in [4.78, 5) is 25.4. The fourth-order valence-corrected chi connectivity index (χ4v) is 3.11. The molecule has 1 aliphatic rings. The van der Waals surface area contributed by atoms with Crippen LogP contribution < -0.4 is 10.9 Å². The van der Waals surface area contributed by atoms with Crippen LogP contribution >= 0.6 is 0 Å². The van der Waals surface area contributed by atoms with Gasteiger partial charge in [0.1, 0.15) is 5.56 Å². The van der Waals surface area contributed by atoms with Crippen LogP contribution in [0.2, 0.25) is 0 Å². The molecule has 2 aromatic rings. The van der Waals surface area contributed by atoms with Crippen molar-refractivity contribution < 1.29 is 4.79 Å². The van der Waals surface area contributed by atoms with Gasteiger partial charge in [-0.25, -0.2) is 0 Å². The van der Waals surface area contributed by atoms with E-state index in [4.69, 9.17) is 0 Å². The maximum atomic E-state index is 12.8. The lowest BCUT2D eigenvalue weighted by molar-refractivity contribution is 0.102. The molecule has 4 heteroatoms. The van der Waals surface area contributed by atoms with Crippen molar-refractivity contribution in [3.05, 3.63) is 63.1 Å². The predicted molar refractivity (Wildman–Crippen MR) is 96.9 cm³/mol. The van der Waals surface area contributed by atoms with Crippen molar-refractivity contribution in [1.29, 1.82) is 0 Å². The molecule has 1 N–H and O–H groups in total. The molecule has 0 bridgehead atoms. The molecule has 0 unspecified atom stereocenters. The summed E-state index contributed by atoms with van der Waals surface area (Å²) >= 11 is 0. The molecule has 1 saturated carbocycles. The number of aromatic nitrogens is 1. The van der Waals surface area contributed by atoms with E-state index in [0.29, 0.717) is 11.6 Å². The number of nitrogens with zero attached hydrogens (tertiary/aromatic N) is 1. The summed E-state index contributed by atoms with van der Waals surface area (Å²) in [5.74, 6) is 0.115. The third kappa shape index (κ3) is 3.14. The molecule has 1 aromatic carbocycles. The molecule has 1 fully saturated rings. The highest BCUT2D eigenvalue weighted by molar-refractivity contribution is 6.05. The first-order valence-corrected chi connectivity index (χ1v) is 8.52. The number of nitrogens with one attached hydrogen (secondary N) is 1. The number of hydrogen-bond donors (Lipinski definition) is 1. The standard InChI is InChI=1S/C20H24N2O2/c1-12(2)15-5-7-16(8-6-15)21-19(23)18-13(3)11-14(4)22(20(18)24)17-9-10-17/h5-8,11-12,17H,9-10H2,1-4H3,(H,21,23). The molecule has 0 aliphatic heterocycles. The largest absolute Gasteiger partial charge is 0.322 e. The van der Waals surface area contributed by atoms with E-state index in [-0.39, 0.29) is 23.1 Å². The first kappa shape index (κ1) is 16.5. The number of carbonyl (C=O) groups excluding carboxylic acids is 1. The average molecular weight is 324 g/mol. The molecule has 24 heavy (non-hydrogen) atoms. The second-order valence-electron chi connectivity index (χ2n) is 6.98. The van der Waals surface area contributed by atoms with Crippen LogP contribution in [-0.2, 0) is 0 Å². The van der Waals surface area contributed by atoms with Crippen LogP contribution in [0.15, 0.2) is 35.1 Å². The van der Waals surface area contributed by atoms with Gasteiger partial charge in [0.2, 0.25) is 0 Å². The Balaban J connectivity index is 1.90. The lowest BCUT2D eigenvalue weighted by atomic mass is 10.0. The van der Waals surface area contributed by atoms with E-state index in [2.05, 4.69) is 19.2 Å².